The Kier molecular flexibility index (Phi) is 3.52. The second-order valence-corrected chi connectivity index (χ2v) is 2.91. The zero-order valence-corrected chi connectivity index (χ0v) is 8.06. The first-order chi connectivity index (χ1) is 7.13. The molecule has 0 saturated carbocycles. The number of pyridine rings is 1. The summed E-state index contributed by atoms with van der Waals surface area (Å²) in [5, 5.41) is 2.45. The summed E-state index contributed by atoms with van der Waals surface area (Å²) in [4.78, 5) is 22.5. The molecule has 0 radical (unpaired) electrons. The van der Waals surface area contributed by atoms with Gasteiger partial charge in [0.05, 0.1) is 6.54 Å². The molecule has 0 aliphatic carbocycles. The van der Waals surface area contributed by atoms with E-state index in [0.717, 1.165) is 0 Å². The molecule has 0 atom stereocenters. The van der Waals surface area contributed by atoms with Crippen molar-refractivity contribution in [3.05, 3.63) is 28.7 Å². The summed E-state index contributed by atoms with van der Waals surface area (Å²) < 4.78 is 1.22. The minimum absolute atomic E-state index is 0.0778. The Bertz CT molecular complexity index is 456. The number of hydrogen-bond donors (Lipinski definition) is 2. The lowest BCUT2D eigenvalue weighted by Gasteiger charge is -2.05. The van der Waals surface area contributed by atoms with Gasteiger partial charge < -0.3 is 15.6 Å². The average molecular weight is 205 g/mol. The molecular weight excluding hydrogens is 194 g/mol. The number of amides is 1. The van der Waals surface area contributed by atoms with Gasteiger partial charge in [-0.2, -0.15) is 0 Å². The number of rotatable bonds is 3. The van der Waals surface area contributed by atoms with Crippen LogP contribution in [0, 0.1) is 12.3 Å². The van der Waals surface area contributed by atoms with Crippen LogP contribution in [0.2, 0.25) is 0 Å². The number of nitrogens with two attached hydrogens (primary N) is 1. The largest absolute Gasteiger partial charge is 0.398 e. The van der Waals surface area contributed by atoms with Crippen LogP contribution in [0.4, 0.5) is 5.69 Å². The zero-order valence-electron chi connectivity index (χ0n) is 8.06. The van der Waals surface area contributed by atoms with Gasteiger partial charge in [0, 0.05) is 18.0 Å². The van der Waals surface area contributed by atoms with Crippen molar-refractivity contribution in [1.82, 2.24) is 9.88 Å². The van der Waals surface area contributed by atoms with Crippen LogP contribution < -0.4 is 16.6 Å². The summed E-state index contributed by atoms with van der Waals surface area (Å²) in [6.07, 6.45) is 6.39. The molecule has 0 aliphatic rings. The maximum Gasteiger partial charge on any atom is 0.251 e. The number of carbonyl (C=O) groups is 1. The van der Waals surface area contributed by atoms with Gasteiger partial charge in [0.2, 0.25) is 5.91 Å². The van der Waals surface area contributed by atoms with Gasteiger partial charge in [0.1, 0.15) is 6.54 Å². The van der Waals surface area contributed by atoms with Gasteiger partial charge in [-0.25, -0.2) is 0 Å². The third-order valence-corrected chi connectivity index (χ3v) is 1.71. The monoisotopic (exact) mass is 205 g/mol. The molecule has 0 unspecified atom stereocenters. The summed E-state index contributed by atoms with van der Waals surface area (Å²) in [6.45, 7) is 0.0709. The van der Waals surface area contributed by atoms with Gasteiger partial charge in [-0.3, -0.25) is 9.59 Å². The van der Waals surface area contributed by atoms with Gasteiger partial charge in [0.15, 0.2) is 0 Å². The number of nitrogens with one attached hydrogen (secondary N) is 1. The summed E-state index contributed by atoms with van der Waals surface area (Å²) >= 11 is 0. The maximum atomic E-state index is 11.3. The quantitative estimate of drug-likeness (QED) is 0.633. The second-order valence-electron chi connectivity index (χ2n) is 2.91. The van der Waals surface area contributed by atoms with E-state index < -0.39 is 0 Å². The van der Waals surface area contributed by atoms with Gasteiger partial charge in [-0.1, -0.05) is 5.92 Å². The summed E-state index contributed by atoms with van der Waals surface area (Å²) in [6, 6.07) is 2.79. The molecular formula is C10H11N3O2. The third-order valence-electron chi connectivity index (χ3n) is 1.71. The van der Waals surface area contributed by atoms with Crippen LogP contribution in [0.5, 0.6) is 0 Å². The number of hydrogen-bond acceptors (Lipinski definition) is 3. The lowest BCUT2D eigenvalue weighted by atomic mass is 10.4. The minimum atomic E-state index is -0.319. The van der Waals surface area contributed by atoms with E-state index in [1.54, 1.807) is 0 Å². The molecule has 15 heavy (non-hydrogen) atoms. The summed E-state index contributed by atoms with van der Waals surface area (Å²) in [7, 11) is 0. The van der Waals surface area contributed by atoms with Crippen molar-refractivity contribution < 1.29 is 4.79 Å². The number of carbonyl (C=O) groups excluding carboxylic acids is 1. The van der Waals surface area contributed by atoms with Crippen molar-refractivity contribution in [3.8, 4) is 12.3 Å². The van der Waals surface area contributed by atoms with E-state index in [1.165, 1.54) is 22.9 Å². The van der Waals surface area contributed by atoms with E-state index in [-0.39, 0.29) is 24.6 Å². The highest BCUT2D eigenvalue weighted by molar-refractivity contribution is 5.76. The molecule has 3 N–H and O–H groups in total. The van der Waals surface area contributed by atoms with Crippen LogP contribution >= 0.6 is 0 Å². The summed E-state index contributed by atoms with van der Waals surface area (Å²) in [5.74, 6) is 1.95. The lowest BCUT2D eigenvalue weighted by Crippen LogP contribution is -2.32. The summed E-state index contributed by atoms with van der Waals surface area (Å²) in [5.41, 5.74) is 5.63. The van der Waals surface area contributed by atoms with E-state index in [4.69, 9.17) is 12.2 Å². The molecule has 1 aromatic heterocycles. The lowest BCUT2D eigenvalue weighted by molar-refractivity contribution is -0.121. The first-order valence-corrected chi connectivity index (χ1v) is 4.29. The molecule has 0 bridgehead atoms. The predicted octanol–water partition coefficient (Wildman–Crippen LogP) is -0.820. The van der Waals surface area contributed by atoms with Crippen LogP contribution in [-0.4, -0.2) is 17.0 Å². The van der Waals surface area contributed by atoms with Gasteiger partial charge in [-0.15, -0.1) is 6.42 Å². The fraction of sp³-hybridized carbons (Fsp3) is 0.200. The number of nitrogens with zero attached hydrogens (tertiary/aromatic N) is 1. The Morgan fingerprint density at radius 3 is 3.00 bits per heavy atom. The smallest absolute Gasteiger partial charge is 0.251 e. The molecule has 5 heteroatoms. The number of aromatic nitrogens is 1. The fourth-order valence-corrected chi connectivity index (χ4v) is 1.03. The number of terminal acetylenes is 1. The van der Waals surface area contributed by atoms with Crippen LogP contribution in [0.15, 0.2) is 23.1 Å². The Morgan fingerprint density at radius 1 is 1.60 bits per heavy atom. The fourth-order valence-electron chi connectivity index (χ4n) is 1.03. The molecule has 0 spiro atoms. The Morgan fingerprint density at radius 2 is 2.33 bits per heavy atom. The van der Waals surface area contributed by atoms with Crippen LogP contribution in [0.25, 0.3) is 0 Å². The molecule has 1 aromatic rings. The van der Waals surface area contributed by atoms with E-state index in [0.29, 0.717) is 5.69 Å². The van der Waals surface area contributed by atoms with Gasteiger partial charge in [-0.05, 0) is 6.07 Å². The van der Waals surface area contributed by atoms with Crippen molar-refractivity contribution >= 4 is 11.6 Å². The Labute approximate surface area is 86.9 Å². The van der Waals surface area contributed by atoms with E-state index in [1.807, 2.05) is 0 Å². The van der Waals surface area contributed by atoms with Crippen LogP contribution in [-0.2, 0) is 11.3 Å². The number of nitrogen functional groups attached to an aromatic ring is 1. The molecule has 1 rings (SSSR count). The van der Waals surface area contributed by atoms with Gasteiger partial charge in [0.25, 0.3) is 5.56 Å². The van der Waals surface area contributed by atoms with Crippen LogP contribution in [0.3, 0.4) is 0 Å². The van der Waals surface area contributed by atoms with E-state index in [9.17, 15) is 9.59 Å². The average Bonchev–Trinajstić information content (AvgIpc) is 2.20. The van der Waals surface area contributed by atoms with Crippen molar-refractivity contribution in [2.45, 2.75) is 6.54 Å². The first-order valence-electron chi connectivity index (χ1n) is 4.29. The molecule has 0 saturated heterocycles. The minimum Gasteiger partial charge on any atom is -0.398 e. The third kappa shape index (κ3) is 3.19. The molecule has 78 valence electrons. The topological polar surface area (TPSA) is 77.1 Å². The second kappa shape index (κ2) is 4.86. The van der Waals surface area contributed by atoms with Crippen molar-refractivity contribution in [2.75, 3.05) is 12.3 Å². The maximum absolute atomic E-state index is 11.3. The standard InChI is InChI=1S/C10H11N3O2/c1-2-5-12-9(14)7-13-6-8(11)3-4-10(13)15/h1,3-4,6H,5,7,11H2,(H,12,14). The molecule has 0 aliphatic heterocycles. The van der Waals surface area contributed by atoms with Crippen molar-refractivity contribution in [3.63, 3.8) is 0 Å². The normalized spacial score (nSPS) is 9.27. The highest BCUT2D eigenvalue weighted by atomic mass is 16.2. The van der Waals surface area contributed by atoms with Crippen LogP contribution in [0.1, 0.15) is 0 Å². The molecule has 1 amide bonds. The zero-order chi connectivity index (χ0) is 11.3. The molecule has 5 nitrogen and oxygen atoms in total. The SMILES string of the molecule is C#CCNC(=O)Cn1cc(N)ccc1=O. The first kappa shape index (κ1) is 10.9. The Hall–Kier alpha value is -2.22. The van der Waals surface area contributed by atoms with E-state index >= 15 is 0 Å². The molecule has 0 aromatic carbocycles. The molecule has 0 fully saturated rings. The number of anilines is 1. The Balaban J connectivity index is 2.73. The van der Waals surface area contributed by atoms with Gasteiger partial charge >= 0.3 is 0 Å². The molecule has 1 heterocycles. The predicted molar refractivity (Wildman–Crippen MR) is 57.0 cm³/mol. The van der Waals surface area contributed by atoms with Crippen molar-refractivity contribution in [2.24, 2.45) is 0 Å². The van der Waals surface area contributed by atoms with Crippen molar-refractivity contribution in [1.29, 1.82) is 0 Å². The highest BCUT2D eigenvalue weighted by Gasteiger charge is 2.02. The highest BCUT2D eigenvalue weighted by Crippen LogP contribution is 1.95. The van der Waals surface area contributed by atoms with E-state index in [2.05, 4.69) is 11.2 Å².